The van der Waals surface area contributed by atoms with Crippen molar-refractivity contribution in [3.8, 4) is 0 Å². The number of carbonyl (C=O) groups excluding carboxylic acids is 2. The molecule has 5 heteroatoms. The van der Waals surface area contributed by atoms with E-state index in [-0.39, 0.29) is 29.9 Å². The zero-order valence-corrected chi connectivity index (χ0v) is 14.1. The van der Waals surface area contributed by atoms with Crippen LogP contribution >= 0.6 is 0 Å². The van der Waals surface area contributed by atoms with E-state index in [1.165, 1.54) is 5.56 Å². The normalized spacial score (nSPS) is 29.4. The van der Waals surface area contributed by atoms with Crippen LogP contribution in [0.2, 0.25) is 0 Å². The Morgan fingerprint density at radius 3 is 2.92 bits per heavy atom. The van der Waals surface area contributed by atoms with Crippen LogP contribution < -0.4 is 4.90 Å². The molecule has 3 atom stereocenters. The number of benzene rings is 1. The van der Waals surface area contributed by atoms with E-state index in [9.17, 15) is 9.59 Å². The lowest BCUT2D eigenvalue weighted by atomic mass is 10.1. The number of anilines is 1. The van der Waals surface area contributed by atoms with Gasteiger partial charge >= 0.3 is 0 Å². The van der Waals surface area contributed by atoms with E-state index in [0.29, 0.717) is 19.5 Å². The molecule has 5 nitrogen and oxygen atoms in total. The average molecular weight is 328 g/mol. The van der Waals surface area contributed by atoms with Crippen molar-refractivity contribution in [3.63, 3.8) is 0 Å². The van der Waals surface area contributed by atoms with E-state index in [2.05, 4.69) is 13.0 Å². The Hall–Kier alpha value is -1.88. The fourth-order valence-electron chi connectivity index (χ4n) is 4.25. The van der Waals surface area contributed by atoms with Crippen LogP contribution in [-0.2, 0) is 20.7 Å². The molecule has 4 rings (SSSR count). The molecule has 24 heavy (non-hydrogen) atoms. The fourth-order valence-corrected chi connectivity index (χ4v) is 4.25. The molecule has 128 valence electrons. The fraction of sp³-hybridized carbons (Fsp3) is 0.579. The smallest absolute Gasteiger partial charge is 0.232 e. The first-order valence-corrected chi connectivity index (χ1v) is 8.94. The minimum atomic E-state index is -0.229. The SMILES string of the molecule is CC1Cc2ccccc2N1C(=O)C1CC(=O)N(CC2CCCO2)C1. The van der Waals surface area contributed by atoms with Crippen molar-refractivity contribution in [3.05, 3.63) is 29.8 Å². The lowest BCUT2D eigenvalue weighted by Gasteiger charge is -2.26. The van der Waals surface area contributed by atoms with Crippen LogP contribution in [0.15, 0.2) is 24.3 Å². The maximum absolute atomic E-state index is 13.1. The Bertz CT molecular complexity index is 654. The van der Waals surface area contributed by atoms with Crippen LogP contribution in [-0.4, -0.2) is 48.6 Å². The Morgan fingerprint density at radius 1 is 1.29 bits per heavy atom. The van der Waals surface area contributed by atoms with Gasteiger partial charge in [0.15, 0.2) is 0 Å². The summed E-state index contributed by atoms with van der Waals surface area (Å²) in [6.45, 7) is 4.04. The third-order valence-corrected chi connectivity index (χ3v) is 5.46. The van der Waals surface area contributed by atoms with Crippen molar-refractivity contribution in [1.82, 2.24) is 4.90 Å². The van der Waals surface area contributed by atoms with Gasteiger partial charge in [-0.2, -0.15) is 0 Å². The molecule has 0 saturated carbocycles. The van der Waals surface area contributed by atoms with Crippen LogP contribution in [0.1, 0.15) is 31.7 Å². The number of fused-ring (bicyclic) bond motifs is 1. The highest BCUT2D eigenvalue weighted by Gasteiger charge is 2.41. The molecular formula is C19H24N2O3. The van der Waals surface area contributed by atoms with E-state index in [0.717, 1.165) is 31.6 Å². The van der Waals surface area contributed by atoms with Crippen LogP contribution in [0.5, 0.6) is 0 Å². The Balaban J connectivity index is 1.46. The van der Waals surface area contributed by atoms with Gasteiger partial charge in [-0.1, -0.05) is 18.2 Å². The first-order valence-electron chi connectivity index (χ1n) is 8.94. The van der Waals surface area contributed by atoms with Crippen molar-refractivity contribution in [2.75, 3.05) is 24.6 Å². The molecular weight excluding hydrogens is 304 g/mol. The topological polar surface area (TPSA) is 49.9 Å². The van der Waals surface area contributed by atoms with Crippen LogP contribution in [0.4, 0.5) is 5.69 Å². The summed E-state index contributed by atoms with van der Waals surface area (Å²) in [4.78, 5) is 29.1. The molecule has 3 unspecified atom stereocenters. The summed E-state index contributed by atoms with van der Waals surface area (Å²) >= 11 is 0. The van der Waals surface area contributed by atoms with Gasteiger partial charge in [-0.25, -0.2) is 0 Å². The van der Waals surface area contributed by atoms with Gasteiger partial charge in [0.25, 0.3) is 0 Å². The second-order valence-corrected chi connectivity index (χ2v) is 7.22. The Morgan fingerprint density at radius 2 is 2.12 bits per heavy atom. The Kier molecular flexibility index (Phi) is 4.04. The number of hydrogen-bond donors (Lipinski definition) is 0. The minimum Gasteiger partial charge on any atom is -0.376 e. The van der Waals surface area contributed by atoms with Crippen molar-refractivity contribution in [2.45, 2.75) is 44.8 Å². The van der Waals surface area contributed by atoms with Crippen LogP contribution in [0.3, 0.4) is 0 Å². The molecule has 3 heterocycles. The number of rotatable bonds is 3. The summed E-state index contributed by atoms with van der Waals surface area (Å²) in [6, 6.07) is 8.25. The van der Waals surface area contributed by atoms with Gasteiger partial charge in [0.2, 0.25) is 11.8 Å². The first kappa shape index (κ1) is 15.6. The standard InChI is InChI=1S/C19H24N2O3/c1-13-9-14-5-2-3-7-17(14)21(13)19(23)15-10-18(22)20(11-15)12-16-6-4-8-24-16/h2-3,5,7,13,15-16H,4,6,8-12H2,1H3. The quantitative estimate of drug-likeness (QED) is 0.853. The number of ether oxygens (including phenoxy) is 1. The second-order valence-electron chi connectivity index (χ2n) is 7.22. The van der Waals surface area contributed by atoms with Gasteiger partial charge in [-0.15, -0.1) is 0 Å². The minimum absolute atomic E-state index is 0.0870. The molecule has 0 radical (unpaired) electrons. The monoisotopic (exact) mass is 328 g/mol. The molecule has 0 N–H and O–H groups in total. The molecule has 3 aliphatic heterocycles. The zero-order valence-electron chi connectivity index (χ0n) is 14.1. The van der Waals surface area contributed by atoms with E-state index in [1.54, 1.807) is 0 Å². The number of nitrogens with zero attached hydrogens (tertiary/aromatic N) is 2. The molecule has 1 aromatic rings. The molecule has 2 amide bonds. The molecule has 0 aromatic heterocycles. The van der Waals surface area contributed by atoms with Crippen molar-refractivity contribution in [2.24, 2.45) is 5.92 Å². The lowest BCUT2D eigenvalue weighted by molar-refractivity contribution is -0.129. The van der Waals surface area contributed by atoms with E-state index in [1.807, 2.05) is 28.0 Å². The molecule has 0 spiro atoms. The number of likely N-dealkylation sites (tertiary alicyclic amines) is 1. The van der Waals surface area contributed by atoms with Crippen molar-refractivity contribution in [1.29, 1.82) is 0 Å². The van der Waals surface area contributed by atoms with E-state index < -0.39 is 0 Å². The molecule has 0 bridgehead atoms. The summed E-state index contributed by atoms with van der Waals surface area (Å²) in [5.41, 5.74) is 2.24. The van der Waals surface area contributed by atoms with Gasteiger partial charge in [0.1, 0.15) is 0 Å². The molecule has 3 aliphatic rings. The average Bonchev–Trinajstić information content (AvgIpc) is 3.26. The largest absolute Gasteiger partial charge is 0.376 e. The van der Waals surface area contributed by atoms with Crippen LogP contribution in [0, 0.1) is 5.92 Å². The van der Waals surface area contributed by atoms with Crippen molar-refractivity contribution >= 4 is 17.5 Å². The number of amides is 2. The summed E-state index contributed by atoms with van der Waals surface area (Å²) in [7, 11) is 0. The van der Waals surface area contributed by atoms with Gasteiger partial charge in [0, 0.05) is 37.8 Å². The highest BCUT2D eigenvalue weighted by atomic mass is 16.5. The lowest BCUT2D eigenvalue weighted by Crippen LogP contribution is -2.41. The Labute approximate surface area is 142 Å². The molecule has 2 fully saturated rings. The highest BCUT2D eigenvalue weighted by molar-refractivity contribution is 6.01. The third-order valence-electron chi connectivity index (χ3n) is 5.46. The maximum atomic E-state index is 13.1. The van der Waals surface area contributed by atoms with Crippen LogP contribution in [0.25, 0.3) is 0 Å². The molecule has 0 aliphatic carbocycles. The number of para-hydroxylation sites is 1. The first-order chi connectivity index (χ1) is 11.6. The summed E-state index contributed by atoms with van der Waals surface area (Å²) < 4.78 is 5.63. The highest BCUT2D eigenvalue weighted by Crippen LogP contribution is 2.34. The summed E-state index contributed by atoms with van der Waals surface area (Å²) in [5, 5.41) is 0. The predicted octanol–water partition coefficient (Wildman–Crippen LogP) is 1.99. The third kappa shape index (κ3) is 2.71. The maximum Gasteiger partial charge on any atom is 0.232 e. The summed E-state index contributed by atoms with van der Waals surface area (Å²) in [6.07, 6.45) is 3.45. The zero-order chi connectivity index (χ0) is 16.7. The van der Waals surface area contributed by atoms with E-state index >= 15 is 0 Å². The molecule has 2 saturated heterocycles. The summed E-state index contributed by atoms with van der Waals surface area (Å²) in [5.74, 6) is -0.0489. The number of hydrogen-bond acceptors (Lipinski definition) is 3. The second kappa shape index (κ2) is 6.20. The van der Waals surface area contributed by atoms with Gasteiger partial charge < -0.3 is 14.5 Å². The van der Waals surface area contributed by atoms with Gasteiger partial charge in [-0.3, -0.25) is 9.59 Å². The van der Waals surface area contributed by atoms with Gasteiger partial charge in [-0.05, 0) is 37.8 Å². The predicted molar refractivity (Wildman–Crippen MR) is 90.8 cm³/mol. The van der Waals surface area contributed by atoms with Gasteiger partial charge in [0.05, 0.1) is 12.0 Å². The van der Waals surface area contributed by atoms with Crippen molar-refractivity contribution < 1.29 is 14.3 Å². The van der Waals surface area contributed by atoms with E-state index in [4.69, 9.17) is 4.74 Å². The number of carbonyl (C=O) groups is 2. The molecule has 1 aromatic carbocycles.